The molecule has 6 nitrogen and oxygen atoms in total. The molecule has 0 spiro atoms. The summed E-state index contributed by atoms with van der Waals surface area (Å²) in [7, 11) is 0. The van der Waals surface area contributed by atoms with Gasteiger partial charge in [0.25, 0.3) is 0 Å². The molecule has 2 aromatic carbocycles. The lowest BCUT2D eigenvalue weighted by Crippen LogP contribution is -2.09. The molecule has 0 aliphatic carbocycles. The van der Waals surface area contributed by atoms with Crippen molar-refractivity contribution >= 4 is 11.4 Å². The number of nitrogen functional groups attached to an aromatic ring is 1. The third kappa shape index (κ3) is 3.11. The van der Waals surface area contributed by atoms with Crippen LogP contribution in [0.3, 0.4) is 0 Å². The normalized spacial score (nSPS) is 10.5. The standard InChI is InChI=1S/C15H17N3O3/c1-10(2)11-6-3-4-8-13(11)21-14-9-5-7-12(17-16)15(14)18(19)20/h3-10,17H,16H2,1-2H3. The number of anilines is 1. The van der Waals surface area contributed by atoms with Gasteiger partial charge in [-0.2, -0.15) is 0 Å². The summed E-state index contributed by atoms with van der Waals surface area (Å²) in [6.07, 6.45) is 0. The first-order valence-electron chi connectivity index (χ1n) is 6.55. The molecular formula is C15H17N3O3. The van der Waals surface area contributed by atoms with Gasteiger partial charge in [-0.25, -0.2) is 0 Å². The van der Waals surface area contributed by atoms with Gasteiger partial charge in [0.05, 0.1) is 4.92 Å². The second-order valence-electron chi connectivity index (χ2n) is 4.85. The van der Waals surface area contributed by atoms with Crippen molar-refractivity contribution in [1.82, 2.24) is 0 Å². The average Bonchev–Trinajstić information content (AvgIpc) is 2.47. The van der Waals surface area contributed by atoms with Gasteiger partial charge in [0.15, 0.2) is 0 Å². The lowest BCUT2D eigenvalue weighted by molar-refractivity contribution is -0.384. The van der Waals surface area contributed by atoms with Gasteiger partial charge in [-0.15, -0.1) is 0 Å². The van der Waals surface area contributed by atoms with Crippen molar-refractivity contribution < 1.29 is 9.66 Å². The maximum absolute atomic E-state index is 11.2. The lowest BCUT2D eigenvalue weighted by atomic mass is 10.0. The van der Waals surface area contributed by atoms with Gasteiger partial charge in [0, 0.05) is 0 Å². The zero-order chi connectivity index (χ0) is 15.4. The Kier molecular flexibility index (Phi) is 4.39. The molecule has 0 aromatic heterocycles. The van der Waals surface area contributed by atoms with E-state index in [-0.39, 0.29) is 23.0 Å². The number of para-hydroxylation sites is 2. The Bertz CT molecular complexity index is 656. The molecule has 0 aliphatic rings. The first kappa shape index (κ1) is 14.8. The fourth-order valence-corrected chi connectivity index (χ4v) is 2.08. The van der Waals surface area contributed by atoms with Crippen LogP contribution in [0.4, 0.5) is 11.4 Å². The number of ether oxygens (including phenoxy) is 1. The topological polar surface area (TPSA) is 90.4 Å². The van der Waals surface area contributed by atoms with E-state index in [0.29, 0.717) is 5.75 Å². The van der Waals surface area contributed by atoms with Gasteiger partial charge >= 0.3 is 5.69 Å². The minimum absolute atomic E-state index is 0.156. The summed E-state index contributed by atoms with van der Waals surface area (Å²) in [6.45, 7) is 4.07. The molecule has 21 heavy (non-hydrogen) atoms. The Morgan fingerprint density at radius 3 is 2.43 bits per heavy atom. The summed E-state index contributed by atoms with van der Waals surface area (Å²) >= 11 is 0. The van der Waals surface area contributed by atoms with E-state index < -0.39 is 4.92 Å². The number of benzene rings is 2. The predicted molar refractivity (Wildman–Crippen MR) is 81.5 cm³/mol. The number of nitrogens with two attached hydrogens (primary N) is 1. The van der Waals surface area contributed by atoms with E-state index in [4.69, 9.17) is 10.6 Å². The maximum atomic E-state index is 11.2. The average molecular weight is 287 g/mol. The maximum Gasteiger partial charge on any atom is 0.335 e. The molecule has 6 heteroatoms. The number of rotatable bonds is 5. The summed E-state index contributed by atoms with van der Waals surface area (Å²) in [5, 5.41) is 11.2. The van der Waals surface area contributed by atoms with E-state index in [9.17, 15) is 10.1 Å². The largest absolute Gasteiger partial charge is 0.450 e. The number of nitro benzene ring substituents is 1. The van der Waals surface area contributed by atoms with Gasteiger partial charge in [-0.05, 0) is 29.7 Å². The van der Waals surface area contributed by atoms with Crippen LogP contribution < -0.4 is 16.0 Å². The van der Waals surface area contributed by atoms with Gasteiger partial charge in [-0.1, -0.05) is 38.1 Å². The lowest BCUT2D eigenvalue weighted by Gasteiger charge is -2.14. The predicted octanol–water partition coefficient (Wildman–Crippen LogP) is 3.80. The molecule has 0 aliphatic heterocycles. The molecule has 0 saturated carbocycles. The zero-order valence-electron chi connectivity index (χ0n) is 11.9. The van der Waals surface area contributed by atoms with Crippen molar-refractivity contribution in [3.05, 3.63) is 58.1 Å². The fourth-order valence-electron chi connectivity index (χ4n) is 2.08. The smallest absolute Gasteiger partial charge is 0.335 e. The SMILES string of the molecule is CC(C)c1ccccc1Oc1cccc(NN)c1[N+](=O)[O-]. The van der Waals surface area contributed by atoms with E-state index in [1.807, 2.05) is 32.0 Å². The van der Waals surface area contributed by atoms with Crippen molar-refractivity contribution in [2.45, 2.75) is 19.8 Å². The van der Waals surface area contributed by atoms with Crippen LogP contribution in [0.25, 0.3) is 0 Å². The summed E-state index contributed by atoms with van der Waals surface area (Å²) in [5.74, 6) is 6.32. The number of nitrogens with zero attached hydrogens (tertiary/aromatic N) is 1. The quantitative estimate of drug-likeness (QED) is 0.496. The highest BCUT2D eigenvalue weighted by Crippen LogP contribution is 2.39. The third-order valence-electron chi connectivity index (χ3n) is 3.10. The molecule has 2 aromatic rings. The molecule has 0 saturated heterocycles. The van der Waals surface area contributed by atoms with Crippen LogP contribution in [0, 0.1) is 10.1 Å². The molecule has 2 rings (SSSR count). The van der Waals surface area contributed by atoms with Crippen molar-refractivity contribution in [3.8, 4) is 11.5 Å². The molecule has 3 N–H and O–H groups in total. The van der Waals surface area contributed by atoms with E-state index in [2.05, 4.69) is 5.43 Å². The molecule has 0 fully saturated rings. The Hall–Kier alpha value is -2.60. The first-order chi connectivity index (χ1) is 10.0. The Morgan fingerprint density at radius 2 is 1.81 bits per heavy atom. The van der Waals surface area contributed by atoms with Crippen molar-refractivity contribution in [3.63, 3.8) is 0 Å². The molecule has 0 atom stereocenters. The minimum Gasteiger partial charge on any atom is -0.450 e. The molecular weight excluding hydrogens is 270 g/mol. The van der Waals surface area contributed by atoms with Gasteiger partial charge in [-0.3, -0.25) is 16.0 Å². The van der Waals surface area contributed by atoms with Crippen LogP contribution in [0.5, 0.6) is 11.5 Å². The van der Waals surface area contributed by atoms with Crippen LogP contribution in [0.15, 0.2) is 42.5 Å². The van der Waals surface area contributed by atoms with Gasteiger partial charge < -0.3 is 10.2 Å². The van der Waals surface area contributed by atoms with Crippen molar-refractivity contribution in [2.75, 3.05) is 5.43 Å². The number of nitrogens with one attached hydrogen (secondary N) is 1. The molecule has 0 bridgehead atoms. The molecule has 0 amide bonds. The van der Waals surface area contributed by atoms with Crippen LogP contribution >= 0.6 is 0 Å². The number of hydrazine groups is 1. The Labute approximate surface area is 122 Å². The van der Waals surface area contributed by atoms with Crippen LogP contribution in [-0.2, 0) is 0 Å². The third-order valence-corrected chi connectivity index (χ3v) is 3.10. The number of nitro groups is 1. The van der Waals surface area contributed by atoms with Crippen LogP contribution in [0.1, 0.15) is 25.3 Å². The zero-order valence-corrected chi connectivity index (χ0v) is 11.9. The van der Waals surface area contributed by atoms with Crippen molar-refractivity contribution in [2.24, 2.45) is 5.84 Å². The molecule has 0 unspecified atom stereocenters. The number of hydrogen-bond donors (Lipinski definition) is 2. The highest BCUT2D eigenvalue weighted by molar-refractivity contribution is 5.68. The minimum atomic E-state index is -0.511. The highest BCUT2D eigenvalue weighted by Gasteiger charge is 2.22. The molecule has 110 valence electrons. The highest BCUT2D eigenvalue weighted by atomic mass is 16.6. The second-order valence-corrected chi connectivity index (χ2v) is 4.85. The summed E-state index contributed by atoms with van der Waals surface area (Å²) < 4.78 is 5.77. The van der Waals surface area contributed by atoms with Crippen molar-refractivity contribution in [1.29, 1.82) is 0 Å². The monoisotopic (exact) mass is 287 g/mol. The Morgan fingerprint density at radius 1 is 1.14 bits per heavy atom. The molecule has 0 radical (unpaired) electrons. The summed E-state index contributed by atoms with van der Waals surface area (Å²) in [4.78, 5) is 10.7. The van der Waals surface area contributed by atoms with Gasteiger partial charge in [0.1, 0.15) is 11.4 Å². The molecule has 0 heterocycles. The second kappa shape index (κ2) is 6.23. The first-order valence-corrected chi connectivity index (χ1v) is 6.55. The Balaban J connectivity index is 2.48. The van der Waals surface area contributed by atoms with E-state index >= 15 is 0 Å². The fraction of sp³-hybridized carbons (Fsp3) is 0.200. The van der Waals surface area contributed by atoms with Crippen LogP contribution in [-0.4, -0.2) is 4.92 Å². The van der Waals surface area contributed by atoms with E-state index in [1.54, 1.807) is 18.2 Å². The summed E-state index contributed by atoms with van der Waals surface area (Å²) in [5.41, 5.74) is 3.33. The van der Waals surface area contributed by atoms with Crippen LogP contribution in [0.2, 0.25) is 0 Å². The number of hydrogen-bond acceptors (Lipinski definition) is 5. The van der Waals surface area contributed by atoms with Gasteiger partial charge in [0.2, 0.25) is 5.75 Å². The van der Waals surface area contributed by atoms with E-state index in [0.717, 1.165) is 5.56 Å². The van der Waals surface area contributed by atoms with E-state index in [1.165, 1.54) is 6.07 Å². The summed E-state index contributed by atoms with van der Waals surface area (Å²) in [6, 6.07) is 12.2.